The van der Waals surface area contributed by atoms with Crippen LogP contribution in [0.4, 0.5) is 0 Å². The number of hydrogen-bond acceptors (Lipinski definition) is 7. The zero-order chi connectivity index (χ0) is 23.8. The molecule has 2 aromatic carbocycles. The minimum absolute atomic E-state index is 0. The monoisotopic (exact) mass is 496 g/mol. The lowest BCUT2D eigenvalue weighted by molar-refractivity contribution is -0.129. The van der Waals surface area contributed by atoms with Crippen molar-refractivity contribution < 1.29 is 31.2 Å². The molecule has 11 heteroatoms. The number of rotatable bonds is 5. The average Bonchev–Trinajstić information content (AvgIpc) is 2.78. The molecule has 1 N–H and O–H groups in total. The van der Waals surface area contributed by atoms with Crippen LogP contribution in [0.5, 0.6) is 0 Å². The molecule has 1 saturated heterocycles. The van der Waals surface area contributed by atoms with Gasteiger partial charge in [0.05, 0.1) is 27.8 Å². The van der Waals surface area contributed by atoms with E-state index in [4.69, 9.17) is 4.79 Å². The first-order valence-corrected chi connectivity index (χ1v) is 13.0. The van der Waals surface area contributed by atoms with Crippen molar-refractivity contribution in [2.24, 2.45) is 0 Å². The molecule has 1 aliphatic heterocycles. The molecule has 9 nitrogen and oxygen atoms in total. The molecule has 0 spiro atoms. The lowest BCUT2D eigenvalue weighted by atomic mass is 10.2. The first kappa shape index (κ1) is 28.0. The van der Waals surface area contributed by atoms with E-state index in [0.717, 1.165) is 6.29 Å². The van der Waals surface area contributed by atoms with Gasteiger partial charge in [0.2, 0.25) is 15.7 Å². The number of sulfone groups is 2. The van der Waals surface area contributed by atoms with Gasteiger partial charge in [-0.05, 0) is 43.3 Å². The number of carbonyl (C=O) groups is 3. The van der Waals surface area contributed by atoms with Gasteiger partial charge in [-0.25, -0.2) is 16.8 Å². The molecule has 2 aromatic rings. The van der Waals surface area contributed by atoms with Crippen LogP contribution in [0.1, 0.15) is 24.7 Å². The summed E-state index contributed by atoms with van der Waals surface area (Å²) in [6, 6.07) is 13.4. The second-order valence-electron chi connectivity index (χ2n) is 6.79. The standard InChI is InChI=1S/C19H20N2O6S2.C2H4O.CH4/c22-18(21-10-12-28(24,25)13-11-21)14-20-19(23)15-6-8-17(9-7-15)29(26,27)16-4-2-1-3-5-16;1-2-3;/h1-9H,10-14H2,(H,20,23);2H,1H3;1H4. The molecule has 0 aromatic heterocycles. The lowest BCUT2D eigenvalue weighted by Gasteiger charge is -2.26. The fourth-order valence-corrected chi connectivity index (χ4v) is 5.34. The maximum absolute atomic E-state index is 12.6. The van der Waals surface area contributed by atoms with Crippen molar-refractivity contribution in [1.82, 2.24) is 10.2 Å². The lowest BCUT2D eigenvalue weighted by Crippen LogP contribution is -2.47. The third-order valence-corrected chi connectivity index (χ3v) is 7.97. The summed E-state index contributed by atoms with van der Waals surface area (Å²) in [7, 11) is -6.76. The summed E-state index contributed by atoms with van der Waals surface area (Å²) in [6.45, 7) is 1.41. The second kappa shape index (κ2) is 12.3. The summed E-state index contributed by atoms with van der Waals surface area (Å²) in [6.07, 6.45) is 0.750. The summed E-state index contributed by atoms with van der Waals surface area (Å²) in [5.74, 6) is -1.04. The van der Waals surface area contributed by atoms with Crippen LogP contribution < -0.4 is 5.32 Å². The molecule has 0 aliphatic carbocycles. The highest BCUT2D eigenvalue weighted by Crippen LogP contribution is 2.20. The van der Waals surface area contributed by atoms with E-state index in [0.29, 0.717) is 0 Å². The van der Waals surface area contributed by atoms with Gasteiger partial charge in [0.15, 0.2) is 9.84 Å². The number of nitrogens with zero attached hydrogens (tertiary/aromatic N) is 1. The Balaban J connectivity index is 0.00000129. The Morgan fingerprint density at radius 2 is 1.45 bits per heavy atom. The van der Waals surface area contributed by atoms with Crippen LogP contribution in [0.15, 0.2) is 64.4 Å². The molecule has 0 saturated carbocycles. The molecule has 1 heterocycles. The number of carbonyl (C=O) groups excluding carboxylic acids is 3. The Hall–Kier alpha value is -3.05. The molecular formula is C22H28N2O7S2. The Morgan fingerprint density at radius 3 is 1.97 bits per heavy atom. The molecule has 0 unspecified atom stereocenters. The van der Waals surface area contributed by atoms with Crippen LogP contribution in [0.3, 0.4) is 0 Å². The van der Waals surface area contributed by atoms with E-state index < -0.39 is 25.6 Å². The Kier molecular flexibility index (Phi) is 10.4. The fraction of sp³-hybridized carbons (Fsp3) is 0.318. The van der Waals surface area contributed by atoms with Gasteiger partial charge >= 0.3 is 0 Å². The van der Waals surface area contributed by atoms with Crippen molar-refractivity contribution >= 4 is 37.8 Å². The maximum atomic E-state index is 12.6. The Morgan fingerprint density at radius 1 is 0.970 bits per heavy atom. The zero-order valence-corrected chi connectivity index (χ0v) is 19.1. The topological polar surface area (TPSA) is 135 Å². The van der Waals surface area contributed by atoms with E-state index in [-0.39, 0.29) is 59.8 Å². The van der Waals surface area contributed by atoms with Gasteiger partial charge in [-0.2, -0.15) is 0 Å². The molecule has 1 aliphatic rings. The third kappa shape index (κ3) is 7.79. The molecule has 3 rings (SSSR count). The number of aldehydes is 1. The predicted molar refractivity (Wildman–Crippen MR) is 124 cm³/mol. The molecule has 33 heavy (non-hydrogen) atoms. The highest BCUT2D eigenvalue weighted by Gasteiger charge is 2.25. The smallest absolute Gasteiger partial charge is 0.251 e. The SMILES string of the molecule is C.CC=O.O=C(NCC(=O)N1CCS(=O)(=O)CC1)c1ccc(S(=O)(=O)c2ccccc2)cc1. The predicted octanol–water partition coefficient (Wildman–Crippen LogP) is 1.35. The van der Waals surface area contributed by atoms with Crippen LogP contribution in [0.2, 0.25) is 0 Å². The molecule has 0 radical (unpaired) electrons. The van der Waals surface area contributed by atoms with Gasteiger partial charge in [-0.3, -0.25) is 9.59 Å². The van der Waals surface area contributed by atoms with Crippen molar-refractivity contribution in [2.75, 3.05) is 31.1 Å². The van der Waals surface area contributed by atoms with Gasteiger partial charge in [0, 0.05) is 18.7 Å². The van der Waals surface area contributed by atoms with Crippen LogP contribution in [0.25, 0.3) is 0 Å². The minimum atomic E-state index is -3.67. The van der Waals surface area contributed by atoms with E-state index in [2.05, 4.69) is 5.32 Å². The van der Waals surface area contributed by atoms with Gasteiger partial charge in [-0.1, -0.05) is 25.6 Å². The van der Waals surface area contributed by atoms with Crippen molar-refractivity contribution in [3.63, 3.8) is 0 Å². The number of nitrogens with one attached hydrogen (secondary N) is 1. The quantitative estimate of drug-likeness (QED) is 0.617. The molecule has 180 valence electrons. The van der Waals surface area contributed by atoms with Crippen LogP contribution in [-0.4, -0.2) is 71.0 Å². The van der Waals surface area contributed by atoms with Gasteiger partial charge < -0.3 is 15.0 Å². The van der Waals surface area contributed by atoms with Gasteiger partial charge in [0.25, 0.3) is 5.91 Å². The van der Waals surface area contributed by atoms with E-state index in [1.807, 2.05) is 0 Å². The van der Waals surface area contributed by atoms with Crippen LogP contribution in [0, 0.1) is 0 Å². The summed E-state index contributed by atoms with van der Waals surface area (Å²) in [4.78, 5) is 34.8. The first-order valence-electron chi connectivity index (χ1n) is 9.67. The van der Waals surface area contributed by atoms with Gasteiger partial charge in [0.1, 0.15) is 6.29 Å². The number of hydrogen-bond donors (Lipinski definition) is 1. The molecule has 1 fully saturated rings. The minimum Gasteiger partial charge on any atom is -0.343 e. The van der Waals surface area contributed by atoms with Crippen molar-refractivity contribution in [2.45, 2.75) is 24.1 Å². The molecule has 2 amide bonds. The zero-order valence-electron chi connectivity index (χ0n) is 17.4. The maximum Gasteiger partial charge on any atom is 0.251 e. The average molecular weight is 497 g/mol. The summed E-state index contributed by atoms with van der Waals surface area (Å²) in [5.41, 5.74) is 0.214. The Labute approximate surface area is 194 Å². The fourth-order valence-electron chi connectivity index (χ4n) is 2.85. The number of amides is 2. The van der Waals surface area contributed by atoms with E-state index in [1.165, 1.54) is 48.2 Å². The summed E-state index contributed by atoms with van der Waals surface area (Å²) in [5, 5.41) is 2.48. The van der Waals surface area contributed by atoms with Crippen molar-refractivity contribution in [3.8, 4) is 0 Å². The number of benzene rings is 2. The third-order valence-electron chi connectivity index (χ3n) is 4.58. The molecule has 0 atom stereocenters. The van der Waals surface area contributed by atoms with E-state index in [1.54, 1.807) is 18.2 Å². The second-order valence-corrected chi connectivity index (χ2v) is 11.0. The Bertz CT molecular complexity index is 1150. The summed E-state index contributed by atoms with van der Waals surface area (Å²) < 4.78 is 47.9. The highest BCUT2D eigenvalue weighted by molar-refractivity contribution is 7.91. The van der Waals surface area contributed by atoms with Crippen LogP contribution >= 0.6 is 0 Å². The van der Waals surface area contributed by atoms with E-state index >= 15 is 0 Å². The molecular weight excluding hydrogens is 468 g/mol. The largest absolute Gasteiger partial charge is 0.343 e. The van der Waals surface area contributed by atoms with Crippen LogP contribution in [-0.2, 0) is 29.3 Å². The van der Waals surface area contributed by atoms with Gasteiger partial charge in [-0.15, -0.1) is 0 Å². The summed E-state index contributed by atoms with van der Waals surface area (Å²) >= 11 is 0. The van der Waals surface area contributed by atoms with E-state index in [9.17, 15) is 26.4 Å². The highest BCUT2D eigenvalue weighted by atomic mass is 32.2. The van der Waals surface area contributed by atoms with Crippen molar-refractivity contribution in [1.29, 1.82) is 0 Å². The normalized spacial score (nSPS) is 14.6. The first-order chi connectivity index (χ1) is 15.1. The van der Waals surface area contributed by atoms with Crippen molar-refractivity contribution in [3.05, 3.63) is 60.2 Å². The molecule has 0 bridgehead atoms.